The van der Waals surface area contributed by atoms with Crippen LogP contribution in [0.5, 0.6) is 0 Å². The van der Waals surface area contributed by atoms with E-state index in [1.54, 1.807) is 6.07 Å². The number of hydrogen-bond donors (Lipinski definition) is 0. The maximum absolute atomic E-state index is 15.1. The van der Waals surface area contributed by atoms with E-state index in [4.69, 9.17) is 9.72 Å². The smallest absolute Gasteiger partial charge is 0.313 e. The van der Waals surface area contributed by atoms with Gasteiger partial charge in [-0.1, -0.05) is 26.8 Å². The molecule has 0 spiro atoms. The van der Waals surface area contributed by atoms with Gasteiger partial charge in [-0.05, 0) is 92.9 Å². The number of cyclic esters (lactones) is 1. The highest BCUT2D eigenvalue weighted by Crippen LogP contribution is 2.45. The molecular weight excluding hydrogens is 467 g/mol. The van der Waals surface area contributed by atoms with Gasteiger partial charge in [0.1, 0.15) is 12.4 Å². The molecular formula is C31H37FN2O3. The van der Waals surface area contributed by atoms with Crippen LogP contribution in [0.25, 0.3) is 16.5 Å². The van der Waals surface area contributed by atoms with Gasteiger partial charge in [0.2, 0.25) is 0 Å². The maximum atomic E-state index is 15.1. The van der Waals surface area contributed by atoms with E-state index in [0.29, 0.717) is 29.5 Å². The van der Waals surface area contributed by atoms with Crippen LogP contribution in [-0.4, -0.2) is 42.3 Å². The van der Waals surface area contributed by atoms with Gasteiger partial charge in [-0.3, -0.25) is 9.59 Å². The molecule has 2 aromatic rings. The number of fused-ring (bicyclic) bond motifs is 2. The molecule has 0 bridgehead atoms. The number of esters is 1. The van der Waals surface area contributed by atoms with Crippen LogP contribution in [0.15, 0.2) is 23.3 Å². The highest BCUT2D eigenvalue weighted by atomic mass is 19.1. The Labute approximate surface area is 218 Å². The van der Waals surface area contributed by atoms with Crippen molar-refractivity contribution >= 4 is 28.2 Å². The summed E-state index contributed by atoms with van der Waals surface area (Å²) in [5, 5.41) is 1.08. The van der Waals surface area contributed by atoms with Crippen LogP contribution in [-0.2, 0) is 27.2 Å². The Hall–Kier alpha value is -2.86. The normalized spacial score (nSPS) is 27.5. The molecule has 5 rings (SSSR count). The number of pyridine rings is 1. The Kier molecular flexibility index (Phi) is 6.59. The Balaban J connectivity index is 1.88. The lowest BCUT2D eigenvalue weighted by Crippen LogP contribution is -2.34. The first kappa shape index (κ1) is 25.8. The predicted molar refractivity (Wildman–Crippen MR) is 144 cm³/mol. The molecule has 2 aliphatic carbocycles. The summed E-state index contributed by atoms with van der Waals surface area (Å²) in [6.45, 7) is 9.94. The number of benzene rings is 1. The monoisotopic (exact) mass is 504 g/mol. The van der Waals surface area contributed by atoms with Gasteiger partial charge in [-0.25, -0.2) is 9.37 Å². The number of allylic oxidation sites excluding steroid dienone is 2. The molecule has 37 heavy (non-hydrogen) atoms. The first-order chi connectivity index (χ1) is 17.5. The third kappa shape index (κ3) is 4.04. The largest absolute Gasteiger partial charge is 0.460 e. The molecule has 4 atom stereocenters. The average molecular weight is 505 g/mol. The number of aromatic nitrogens is 1. The zero-order chi connectivity index (χ0) is 26.8. The maximum Gasteiger partial charge on any atom is 0.313 e. The third-order valence-corrected chi connectivity index (χ3v) is 8.98. The summed E-state index contributed by atoms with van der Waals surface area (Å²) in [6, 6.07) is 1.75. The lowest BCUT2D eigenvalue weighted by molar-refractivity contribution is -0.148. The molecule has 0 radical (unpaired) electrons. The number of hydrogen-bond acceptors (Lipinski definition) is 5. The molecule has 1 aromatic carbocycles. The molecule has 0 amide bonds. The molecule has 6 heteroatoms. The van der Waals surface area contributed by atoms with E-state index >= 15 is 4.39 Å². The van der Waals surface area contributed by atoms with E-state index < -0.39 is 5.92 Å². The van der Waals surface area contributed by atoms with Gasteiger partial charge in [0.05, 0.1) is 17.1 Å². The number of rotatable bonds is 2. The lowest BCUT2D eigenvalue weighted by atomic mass is 9.74. The van der Waals surface area contributed by atoms with Crippen LogP contribution >= 0.6 is 0 Å². The predicted octanol–water partition coefficient (Wildman–Crippen LogP) is 5.91. The highest BCUT2D eigenvalue weighted by Gasteiger charge is 2.37. The molecule has 196 valence electrons. The minimum Gasteiger partial charge on any atom is -0.460 e. The molecule has 3 aliphatic rings. The zero-order valence-electron chi connectivity index (χ0n) is 23.0. The second-order valence-electron chi connectivity index (χ2n) is 11.4. The van der Waals surface area contributed by atoms with Crippen LogP contribution in [0.4, 0.5) is 4.39 Å². The van der Waals surface area contributed by atoms with E-state index in [0.717, 1.165) is 46.2 Å². The van der Waals surface area contributed by atoms with Gasteiger partial charge in [-0.15, -0.1) is 0 Å². The lowest BCUT2D eigenvalue weighted by Gasteiger charge is -2.36. The van der Waals surface area contributed by atoms with Gasteiger partial charge >= 0.3 is 5.97 Å². The highest BCUT2D eigenvalue weighted by molar-refractivity contribution is 6.01. The molecule has 0 N–H and O–H groups in total. The van der Waals surface area contributed by atoms with Crippen molar-refractivity contribution in [3.63, 3.8) is 0 Å². The standard InChI is InChI=1S/C31H37FN2O3/c1-8-19-21-12-16(3)29-22(11-15(2)17(4)30(35)23(21)14-37-31(19)36)28-26(34(6)7)10-9-20-18(5)24(32)13-25(33-29)27(20)28/h12-13,15,17,19,26H,8-11,14H2,1-7H3/b16-12+/t15?,17?,19-,26+/m1/s1. The molecule has 2 heterocycles. The van der Waals surface area contributed by atoms with Gasteiger partial charge in [0.15, 0.2) is 5.78 Å². The molecule has 5 nitrogen and oxygen atoms in total. The van der Waals surface area contributed by atoms with E-state index in [1.165, 1.54) is 5.56 Å². The first-order valence-corrected chi connectivity index (χ1v) is 13.5. The van der Waals surface area contributed by atoms with Crippen molar-refractivity contribution in [2.24, 2.45) is 17.8 Å². The van der Waals surface area contributed by atoms with Crippen LogP contribution in [0.3, 0.4) is 0 Å². The topological polar surface area (TPSA) is 59.5 Å². The van der Waals surface area contributed by atoms with Crippen molar-refractivity contribution in [3.05, 3.63) is 57.1 Å². The Bertz CT molecular complexity index is 1390. The SMILES string of the molecule is CC[C@H]1C(=O)OCC2=C1/C=C(\C)c1nc3cc(F)c(C)c4c3c(c1CC(C)C(C)C2=O)[C@@H](N(C)C)CC4. The van der Waals surface area contributed by atoms with Crippen molar-refractivity contribution in [2.75, 3.05) is 20.7 Å². The van der Waals surface area contributed by atoms with Crippen molar-refractivity contribution in [2.45, 2.75) is 66.3 Å². The first-order valence-electron chi connectivity index (χ1n) is 13.5. The van der Waals surface area contributed by atoms with Gasteiger partial charge in [0.25, 0.3) is 0 Å². The average Bonchev–Trinajstić information content (AvgIpc) is 2.86. The Morgan fingerprint density at radius 1 is 1.16 bits per heavy atom. The molecule has 2 unspecified atom stereocenters. The van der Waals surface area contributed by atoms with Gasteiger partial charge in [0, 0.05) is 29.0 Å². The minimum atomic E-state index is -0.479. The summed E-state index contributed by atoms with van der Waals surface area (Å²) >= 11 is 0. The summed E-state index contributed by atoms with van der Waals surface area (Å²) < 4.78 is 20.5. The molecule has 1 aliphatic heterocycles. The van der Waals surface area contributed by atoms with Crippen LogP contribution < -0.4 is 0 Å². The summed E-state index contributed by atoms with van der Waals surface area (Å²) in [4.78, 5) is 33.8. The third-order valence-electron chi connectivity index (χ3n) is 8.98. The van der Waals surface area contributed by atoms with Gasteiger partial charge in [-0.2, -0.15) is 0 Å². The Morgan fingerprint density at radius 3 is 2.57 bits per heavy atom. The number of halogens is 1. The fraction of sp³-hybridized carbons (Fsp3) is 0.516. The van der Waals surface area contributed by atoms with Gasteiger partial charge < -0.3 is 9.64 Å². The fourth-order valence-corrected chi connectivity index (χ4v) is 6.58. The summed E-state index contributed by atoms with van der Waals surface area (Å²) in [5.41, 5.74) is 7.91. The zero-order valence-corrected chi connectivity index (χ0v) is 23.0. The van der Waals surface area contributed by atoms with Crippen molar-refractivity contribution in [1.29, 1.82) is 0 Å². The number of ketones is 1. The van der Waals surface area contributed by atoms with Crippen LogP contribution in [0.1, 0.15) is 74.5 Å². The van der Waals surface area contributed by atoms with Crippen molar-refractivity contribution < 1.29 is 18.7 Å². The second kappa shape index (κ2) is 9.46. The number of Topliss-reactive ketones (excluding diaryl/α,β-unsaturated/α-hetero) is 1. The summed E-state index contributed by atoms with van der Waals surface area (Å²) in [5.74, 6) is -1.11. The number of carbonyl (C=O) groups is 2. The number of aryl methyl sites for hydroxylation is 1. The van der Waals surface area contributed by atoms with Crippen molar-refractivity contribution in [3.8, 4) is 0 Å². The number of ether oxygens (including phenoxy) is 1. The Morgan fingerprint density at radius 2 is 1.89 bits per heavy atom. The van der Waals surface area contributed by atoms with E-state index in [-0.39, 0.29) is 42.1 Å². The van der Waals surface area contributed by atoms with E-state index in [2.05, 4.69) is 25.9 Å². The quantitative estimate of drug-likeness (QED) is 0.476. The summed E-state index contributed by atoms with van der Waals surface area (Å²) in [7, 11) is 4.19. The minimum absolute atomic E-state index is 0.0180. The van der Waals surface area contributed by atoms with E-state index in [1.807, 2.05) is 33.8 Å². The second-order valence-corrected chi connectivity index (χ2v) is 11.4. The van der Waals surface area contributed by atoms with E-state index in [9.17, 15) is 9.59 Å². The molecule has 0 saturated carbocycles. The van der Waals surface area contributed by atoms with Crippen LogP contribution in [0, 0.1) is 30.5 Å². The number of carbonyl (C=O) groups excluding carboxylic acids is 2. The van der Waals surface area contributed by atoms with Crippen molar-refractivity contribution in [1.82, 2.24) is 9.88 Å². The van der Waals surface area contributed by atoms with Crippen LogP contribution in [0.2, 0.25) is 0 Å². The molecule has 0 fully saturated rings. The number of nitrogens with zero attached hydrogens (tertiary/aromatic N) is 2. The molecule has 1 aromatic heterocycles. The molecule has 0 saturated heterocycles. The summed E-state index contributed by atoms with van der Waals surface area (Å²) in [6.07, 6.45) is 4.95. The fourth-order valence-electron chi connectivity index (χ4n) is 6.58.